The number of nitrogen functional groups attached to an aromatic ring is 1. The molecule has 1 aliphatic heterocycles. The second-order valence-corrected chi connectivity index (χ2v) is 11.8. The number of aromatic nitrogens is 6. The Bertz CT molecular complexity index is 1810. The molecule has 1 saturated heterocycles. The molecule has 4 aromatic heterocycles. The highest BCUT2D eigenvalue weighted by atomic mass is 16.2. The number of carbonyl (C=O) groups excluding carboxylic acids is 1. The van der Waals surface area contributed by atoms with Crippen molar-refractivity contribution in [1.29, 1.82) is 0 Å². The van der Waals surface area contributed by atoms with Gasteiger partial charge < -0.3 is 16.0 Å². The number of hydrogen-bond donors (Lipinski definition) is 2. The third-order valence-electron chi connectivity index (χ3n) is 8.95. The fraction of sp³-hybridized carbons (Fsp3) is 0.303. The number of nitrogens with two attached hydrogens (primary N) is 1. The van der Waals surface area contributed by atoms with Crippen molar-refractivity contribution in [3.8, 4) is 22.9 Å². The first-order valence-electron chi connectivity index (χ1n) is 14.8. The van der Waals surface area contributed by atoms with Crippen LogP contribution in [0.3, 0.4) is 0 Å². The quantitative estimate of drug-likeness (QED) is 0.304. The van der Waals surface area contributed by atoms with E-state index in [4.69, 9.17) is 15.7 Å². The van der Waals surface area contributed by atoms with Crippen LogP contribution in [0, 0.1) is 5.41 Å². The molecule has 1 aromatic carbocycles. The van der Waals surface area contributed by atoms with Crippen molar-refractivity contribution in [3.05, 3.63) is 90.9 Å². The molecule has 1 spiro atoms. The highest BCUT2D eigenvalue weighted by molar-refractivity contribution is 5.88. The predicted octanol–water partition coefficient (Wildman–Crippen LogP) is 4.12. The van der Waals surface area contributed by atoms with Crippen molar-refractivity contribution in [2.24, 2.45) is 5.41 Å². The molecule has 5 aromatic rings. The largest absolute Gasteiger partial charge is 0.383 e. The van der Waals surface area contributed by atoms with Gasteiger partial charge in [0, 0.05) is 48.8 Å². The monoisotopic (exact) mass is 573 g/mol. The summed E-state index contributed by atoms with van der Waals surface area (Å²) in [5.74, 6) is 2.00. The Morgan fingerprint density at radius 3 is 2.65 bits per heavy atom. The molecule has 1 amide bonds. The molecule has 0 bridgehead atoms. The fourth-order valence-corrected chi connectivity index (χ4v) is 6.70. The Hall–Kier alpha value is -4.83. The number of hydrogen-bond acceptors (Lipinski definition) is 7. The zero-order valence-electron chi connectivity index (χ0n) is 24.3. The van der Waals surface area contributed by atoms with Gasteiger partial charge in [-0.25, -0.2) is 19.6 Å². The zero-order chi connectivity index (χ0) is 29.6. The van der Waals surface area contributed by atoms with Gasteiger partial charge in [0.1, 0.15) is 11.3 Å². The van der Waals surface area contributed by atoms with Crippen molar-refractivity contribution in [3.63, 3.8) is 0 Å². The van der Waals surface area contributed by atoms with Gasteiger partial charge in [0.15, 0.2) is 17.3 Å². The maximum absolute atomic E-state index is 11.2. The standard InChI is InChI=1S/C23H19N7.C10H16N2O/c24-21-18(6-2-11-25-21)22-27-19-9-10-20(29-13-3-12-26-29)28-23(19)30(22)17-8-7-15-4-1-5-16(15)14-17;1-3-9(13)12-6-10(7-12)4-8(5-10)11-2/h2-3,6-14H,1,4-5H2,(H2,24,25);3,8,11H,1,4-7H2,2H3. The van der Waals surface area contributed by atoms with E-state index in [9.17, 15) is 4.79 Å². The molecule has 8 rings (SSSR count). The smallest absolute Gasteiger partial charge is 0.245 e. The minimum atomic E-state index is 0.0820. The van der Waals surface area contributed by atoms with E-state index in [0.29, 0.717) is 17.3 Å². The summed E-state index contributed by atoms with van der Waals surface area (Å²) in [6, 6.07) is 16.9. The van der Waals surface area contributed by atoms with Crippen LogP contribution < -0.4 is 11.1 Å². The van der Waals surface area contributed by atoms with E-state index in [2.05, 4.69) is 44.7 Å². The van der Waals surface area contributed by atoms with Crippen LogP contribution >= 0.6 is 0 Å². The van der Waals surface area contributed by atoms with Crippen LogP contribution in [-0.4, -0.2) is 66.3 Å². The number of rotatable bonds is 5. The van der Waals surface area contributed by atoms with E-state index in [-0.39, 0.29) is 5.91 Å². The Balaban J connectivity index is 0.000000193. The van der Waals surface area contributed by atoms with Gasteiger partial charge in [-0.1, -0.05) is 12.6 Å². The summed E-state index contributed by atoms with van der Waals surface area (Å²) < 4.78 is 3.83. The molecule has 2 fully saturated rings. The Morgan fingerprint density at radius 1 is 1.07 bits per heavy atom. The van der Waals surface area contributed by atoms with E-state index in [0.717, 1.165) is 60.0 Å². The number of aryl methyl sites for hydroxylation is 2. The summed E-state index contributed by atoms with van der Waals surface area (Å²) in [4.78, 5) is 27.1. The van der Waals surface area contributed by atoms with Crippen molar-refractivity contribution < 1.29 is 4.79 Å². The average molecular weight is 574 g/mol. The summed E-state index contributed by atoms with van der Waals surface area (Å²) in [6.45, 7) is 5.36. The number of likely N-dealkylation sites (tertiary alicyclic amines) is 1. The number of carbonyl (C=O) groups is 1. The number of pyridine rings is 2. The Kier molecular flexibility index (Phi) is 6.78. The van der Waals surface area contributed by atoms with E-state index >= 15 is 0 Å². The molecule has 1 saturated carbocycles. The second-order valence-electron chi connectivity index (χ2n) is 11.8. The molecule has 0 atom stereocenters. The SMILES string of the molecule is C=CC(=O)N1CC2(CC(NC)C2)C1.Nc1ncccc1-c1nc2ccc(-n3cccn3)nc2n1-c1ccc2c(c1)CCC2. The van der Waals surface area contributed by atoms with Crippen LogP contribution in [0.1, 0.15) is 30.4 Å². The molecule has 43 heavy (non-hydrogen) atoms. The van der Waals surface area contributed by atoms with Crippen LogP contribution in [0.25, 0.3) is 34.1 Å². The summed E-state index contributed by atoms with van der Waals surface area (Å²) in [7, 11) is 2.00. The van der Waals surface area contributed by atoms with Gasteiger partial charge in [-0.05, 0) is 98.8 Å². The highest BCUT2D eigenvalue weighted by Crippen LogP contribution is 2.48. The molecule has 2 aliphatic carbocycles. The summed E-state index contributed by atoms with van der Waals surface area (Å²) in [5, 5.41) is 7.58. The number of nitrogens with one attached hydrogen (secondary N) is 1. The van der Waals surface area contributed by atoms with E-state index in [1.807, 2.05) is 48.5 Å². The third-order valence-corrected chi connectivity index (χ3v) is 8.95. The molecule has 10 nitrogen and oxygen atoms in total. The molecular formula is C33H35N9O. The Labute approximate surface area is 250 Å². The van der Waals surface area contributed by atoms with E-state index < -0.39 is 0 Å². The lowest BCUT2D eigenvalue weighted by molar-refractivity contribution is -0.146. The fourth-order valence-electron chi connectivity index (χ4n) is 6.70. The van der Waals surface area contributed by atoms with Gasteiger partial charge in [0.05, 0.1) is 5.56 Å². The van der Waals surface area contributed by atoms with Crippen LogP contribution in [0.2, 0.25) is 0 Å². The van der Waals surface area contributed by atoms with Crippen LogP contribution in [0.15, 0.2) is 79.8 Å². The molecule has 3 N–H and O–H groups in total. The topological polar surface area (TPSA) is 120 Å². The van der Waals surface area contributed by atoms with Gasteiger partial charge in [0.2, 0.25) is 5.91 Å². The number of fused-ring (bicyclic) bond motifs is 2. The Morgan fingerprint density at radius 2 is 1.91 bits per heavy atom. The zero-order valence-corrected chi connectivity index (χ0v) is 24.3. The minimum absolute atomic E-state index is 0.0820. The lowest BCUT2D eigenvalue weighted by atomic mass is 9.60. The minimum Gasteiger partial charge on any atom is -0.383 e. The molecule has 5 heterocycles. The van der Waals surface area contributed by atoms with Crippen LogP contribution in [-0.2, 0) is 17.6 Å². The van der Waals surface area contributed by atoms with Gasteiger partial charge in [-0.15, -0.1) is 0 Å². The number of benzene rings is 1. The number of nitrogens with zero attached hydrogens (tertiary/aromatic N) is 7. The lowest BCUT2D eigenvalue weighted by Crippen LogP contribution is -2.66. The molecule has 0 unspecified atom stereocenters. The number of amides is 1. The first-order valence-corrected chi connectivity index (χ1v) is 14.8. The maximum Gasteiger partial charge on any atom is 0.245 e. The predicted molar refractivity (Wildman–Crippen MR) is 167 cm³/mol. The molecule has 10 heteroatoms. The number of anilines is 1. The van der Waals surface area contributed by atoms with Crippen molar-refractivity contribution in [1.82, 2.24) is 39.5 Å². The van der Waals surface area contributed by atoms with Crippen LogP contribution in [0.5, 0.6) is 0 Å². The first kappa shape index (κ1) is 27.0. The normalized spacial score (nSPS) is 16.7. The molecular weight excluding hydrogens is 538 g/mol. The number of imidazole rings is 1. The van der Waals surface area contributed by atoms with E-state index in [1.54, 1.807) is 17.1 Å². The van der Waals surface area contributed by atoms with Crippen molar-refractivity contribution in [2.75, 3.05) is 25.9 Å². The van der Waals surface area contributed by atoms with E-state index in [1.165, 1.54) is 36.5 Å². The molecule has 3 aliphatic rings. The maximum atomic E-state index is 11.2. The van der Waals surface area contributed by atoms with Crippen molar-refractivity contribution in [2.45, 2.75) is 38.1 Å². The van der Waals surface area contributed by atoms with Gasteiger partial charge in [-0.3, -0.25) is 9.36 Å². The lowest BCUT2D eigenvalue weighted by Gasteiger charge is -2.58. The highest BCUT2D eigenvalue weighted by Gasteiger charge is 2.52. The summed E-state index contributed by atoms with van der Waals surface area (Å²) >= 11 is 0. The summed E-state index contributed by atoms with van der Waals surface area (Å²) in [5.41, 5.74) is 12.9. The van der Waals surface area contributed by atoms with Crippen molar-refractivity contribution >= 4 is 22.9 Å². The molecule has 0 radical (unpaired) electrons. The van der Waals surface area contributed by atoms with Gasteiger partial charge in [0.25, 0.3) is 0 Å². The molecule has 218 valence electrons. The third kappa shape index (κ3) is 4.87. The second kappa shape index (κ2) is 10.8. The average Bonchev–Trinajstić information content (AvgIpc) is 3.75. The van der Waals surface area contributed by atoms with Gasteiger partial charge >= 0.3 is 0 Å². The first-order chi connectivity index (χ1) is 21.0. The van der Waals surface area contributed by atoms with Crippen LogP contribution in [0.4, 0.5) is 5.82 Å². The summed E-state index contributed by atoms with van der Waals surface area (Å²) in [6.07, 6.45) is 12.6. The van der Waals surface area contributed by atoms with Gasteiger partial charge in [-0.2, -0.15) is 5.10 Å².